The van der Waals surface area contributed by atoms with E-state index in [0.717, 1.165) is 12.0 Å². The first kappa shape index (κ1) is 15.4. The van der Waals surface area contributed by atoms with E-state index in [-0.39, 0.29) is 6.03 Å². The van der Waals surface area contributed by atoms with Crippen LogP contribution in [0.15, 0.2) is 18.2 Å². The van der Waals surface area contributed by atoms with Crippen molar-refractivity contribution < 1.29 is 14.7 Å². The first-order valence-electron chi connectivity index (χ1n) is 7.31. The summed E-state index contributed by atoms with van der Waals surface area (Å²) in [5.41, 5.74) is 3.08. The number of aliphatic carboxylic acids is 1. The number of carbonyl (C=O) groups is 2. The van der Waals surface area contributed by atoms with Gasteiger partial charge >= 0.3 is 12.0 Å². The number of nitrogens with one attached hydrogen (secondary N) is 1. The molecule has 1 saturated heterocycles. The molecule has 1 aliphatic rings. The standard InChI is InChI=1S/C16H22N2O3/c1-10(2)13-7-6-12(9-11(13)3)17-16(21)18-8-4-5-14(18)15(19)20/h6-7,9-10,14H,4-5,8H2,1-3H3,(H,17,21)(H,19,20)/t14-/m1/s1. The van der Waals surface area contributed by atoms with Gasteiger partial charge in [-0.25, -0.2) is 9.59 Å². The van der Waals surface area contributed by atoms with E-state index in [1.165, 1.54) is 10.5 Å². The number of anilines is 1. The fourth-order valence-corrected chi connectivity index (χ4v) is 2.86. The molecule has 0 unspecified atom stereocenters. The topological polar surface area (TPSA) is 69.6 Å². The maximum atomic E-state index is 12.2. The zero-order valence-corrected chi connectivity index (χ0v) is 12.7. The molecule has 1 fully saturated rings. The summed E-state index contributed by atoms with van der Waals surface area (Å²) in [6.45, 7) is 6.76. The zero-order valence-electron chi connectivity index (χ0n) is 12.7. The Labute approximate surface area is 125 Å². The van der Waals surface area contributed by atoms with Crippen molar-refractivity contribution in [3.63, 3.8) is 0 Å². The van der Waals surface area contributed by atoms with Gasteiger partial charge in [0.25, 0.3) is 0 Å². The lowest BCUT2D eigenvalue weighted by molar-refractivity contribution is -0.141. The van der Waals surface area contributed by atoms with Crippen molar-refractivity contribution in [3.05, 3.63) is 29.3 Å². The third-order valence-electron chi connectivity index (χ3n) is 3.94. The number of hydrogen-bond donors (Lipinski definition) is 2. The predicted molar refractivity (Wildman–Crippen MR) is 81.7 cm³/mol. The van der Waals surface area contributed by atoms with E-state index in [1.807, 2.05) is 25.1 Å². The number of benzene rings is 1. The van der Waals surface area contributed by atoms with Crippen molar-refractivity contribution in [2.75, 3.05) is 11.9 Å². The summed E-state index contributed by atoms with van der Waals surface area (Å²) >= 11 is 0. The number of rotatable bonds is 3. The van der Waals surface area contributed by atoms with E-state index in [0.29, 0.717) is 24.6 Å². The van der Waals surface area contributed by atoms with Crippen LogP contribution in [0.2, 0.25) is 0 Å². The number of aryl methyl sites for hydroxylation is 1. The van der Waals surface area contributed by atoms with Crippen molar-refractivity contribution in [2.24, 2.45) is 0 Å². The van der Waals surface area contributed by atoms with Gasteiger partial charge in [0.1, 0.15) is 6.04 Å². The van der Waals surface area contributed by atoms with Crippen LogP contribution in [0.3, 0.4) is 0 Å². The molecule has 1 aromatic carbocycles. The van der Waals surface area contributed by atoms with Crippen LogP contribution in [-0.4, -0.2) is 34.6 Å². The summed E-state index contributed by atoms with van der Waals surface area (Å²) < 4.78 is 0. The number of hydrogen-bond acceptors (Lipinski definition) is 2. The number of nitrogens with zero attached hydrogens (tertiary/aromatic N) is 1. The molecule has 0 aliphatic carbocycles. The molecular weight excluding hydrogens is 268 g/mol. The Morgan fingerprint density at radius 1 is 1.38 bits per heavy atom. The monoisotopic (exact) mass is 290 g/mol. The molecule has 5 nitrogen and oxygen atoms in total. The molecule has 1 aromatic rings. The third-order valence-corrected chi connectivity index (χ3v) is 3.94. The van der Waals surface area contributed by atoms with Crippen molar-refractivity contribution in [1.82, 2.24) is 4.90 Å². The van der Waals surface area contributed by atoms with E-state index < -0.39 is 12.0 Å². The van der Waals surface area contributed by atoms with Gasteiger partial charge in [0, 0.05) is 12.2 Å². The molecular formula is C16H22N2O3. The summed E-state index contributed by atoms with van der Waals surface area (Å²) in [4.78, 5) is 24.7. The first-order chi connectivity index (χ1) is 9.90. The average molecular weight is 290 g/mol. The molecule has 2 rings (SSSR count). The Balaban J connectivity index is 2.09. The molecule has 1 atom stereocenters. The van der Waals surface area contributed by atoms with Crippen LogP contribution in [0.1, 0.15) is 43.7 Å². The van der Waals surface area contributed by atoms with Gasteiger partial charge in [-0.15, -0.1) is 0 Å². The molecule has 2 N–H and O–H groups in total. The normalized spacial score (nSPS) is 18.1. The summed E-state index contributed by atoms with van der Waals surface area (Å²) in [7, 11) is 0. The third kappa shape index (κ3) is 3.35. The number of carbonyl (C=O) groups excluding carboxylic acids is 1. The minimum Gasteiger partial charge on any atom is -0.480 e. The van der Waals surface area contributed by atoms with Gasteiger partial charge in [-0.1, -0.05) is 19.9 Å². The molecule has 0 bridgehead atoms. The number of likely N-dealkylation sites (tertiary alicyclic amines) is 1. The lowest BCUT2D eigenvalue weighted by Crippen LogP contribution is -2.42. The first-order valence-corrected chi connectivity index (χ1v) is 7.31. The van der Waals surface area contributed by atoms with Crippen molar-refractivity contribution in [1.29, 1.82) is 0 Å². The van der Waals surface area contributed by atoms with E-state index in [2.05, 4.69) is 19.2 Å². The van der Waals surface area contributed by atoms with Crippen LogP contribution in [0, 0.1) is 6.92 Å². The fraction of sp³-hybridized carbons (Fsp3) is 0.500. The maximum absolute atomic E-state index is 12.2. The van der Waals surface area contributed by atoms with E-state index in [4.69, 9.17) is 5.11 Å². The molecule has 0 radical (unpaired) electrons. The van der Waals surface area contributed by atoms with Crippen molar-refractivity contribution in [3.8, 4) is 0 Å². The second kappa shape index (κ2) is 6.16. The summed E-state index contributed by atoms with van der Waals surface area (Å²) in [6, 6.07) is 4.76. The smallest absolute Gasteiger partial charge is 0.326 e. The highest BCUT2D eigenvalue weighted by Gasteiger charge is 2.33. The number of amides is 2. The van der Waals surface area contributed by atoms with E-state index in [9.17, 15) is 9.59 Å². The van der Waals surface area contributed by atoms with Gasteiger partial charge in [0.2, 0.25) is 0 Å². The highest BCUT2D eigenvalue weighted by Crippen LogP contribution is 2.23. The van der Waals surface area contributed by atoms with Crippen LogP contribution in [0.25, 0.3) is 0 Å². The second-order valence-corrected chi connectivity index (χ2v) is 5.85. The molecule has 2 amide bonds. The number of carboxylic acid groups (broad SMARTS) is 1. The largest absolute Gasteiger partial charge is 0.480 e. The Hall–Kier alpha value is -2.04. The Morgan fingerprint density at radius 2 is 2.10 bits per heavy atom. The van der Waals surface area contributed by atoms with Crippen molar-refractivity contribution in [2.45, 2.75) is 45.6 Å². The van der Waals surface area contributed by atoms with Crippen LogP contribution in [0.4, 0.5) is 10.5 Å². The molecule has 0 spiro atoms. The number of urea groups is 1. The highest BCUT2D eigenvalue weighted by molar-refractivity contribution is 5.92. The van der Waals surface area contributed by atoms with Gasteiger partial charge < -0.3 is 15.3 Å². The Bertz CT molecular complexity index is 554. The average Bonchev–Trinajstić information content (AvgIpc) is 2.87. The minimum atomic E-state index is -0.936. The van der Waals surface area contributed by atoms with Gasteiger partial charge in [-0.3, -0.25) is 0 Å². The van der Waals surface area contributed by atoms with Gasteiger partial charge in [-0.05, 0) is 48.9 Å². The molecule has 0 aromatic heterocycles. The Morgan fingerprint density at radius 3 is 2.67 bits per heavy atom. The fourth-order valence-electron chi connectivity index (χ4n) is 2.86. The van der Waals surface area contributed by atoms with Gasteiger partial charge in [0.05, 0.1) is 0 Å². The van der Waals surface area contributed by atoms with E-state index >= 15 is 0 Å². The SMILES string of the molecule is Cc1cc(NC(=O)N2CCC[C@@H]2C(=O)O)ccc1C(C)C. The van der Waals surface area contributed by atoms with Crippen LogP contribution in [-0.2, 0) is 4.79 Å². The number of carboxylic acids is 1. The summed E-state index contributed by atoms with van der Waals surface area (Å²) in [5, 5.41) is 11.9. The van der Waals surface area contributed by atoms with Gasteiger partial charge in [0.15, 0.2) is 0 Å². The molecule has 5 heteroatoms. The second-order valence-electron chi connectivity index (χ2n) is 5.85. The van der Waals surface area contributed by atoms with Crippen LogP contribution in [0.5, 0.6) is 0 Å². The molecule has 1 aliphatic heterocycles. The lowest BCUT2D eigenvalue weighted by Gasteiger charge is -2.22. The zero-order chi connectivity index (χ0) is 15.6. The minimum absolute atomic E-state index is 0.336. The van der Waals surface area contributed by atoms with Crippen molar-refractivity contribution >= 4 is 17.7 Å². The molecule has 21 heavy (non-hydrogen) atoms. The summed E-state index contributed by atoms with van der Waals surface area (Å²) in [6.07, 6.45) is 1.25. The predicted octanol–water partition coefficient (Wildman–Crippen LogP) is 3.20. The summed E-state index contributed by atoms with van der Waals surface area (Å²) in [5.74, 6) is -0.501. The molecule has 0 saturated carbocycles. The Kier molecular flexibility index (Phi) is 4.50. The highest BCUT2D eigenvalue weighted by atomic mass is 16.4. The molecule has 1 heterocycles. The van der Waals surface area contributed by atoms with Crippen LogP contribution < -0.4 is 5.32 Å². The quantitative estimate of drug-likeness (QED) is 0.898. The van der Waals surface area contributed by atoms with Gasteiger partial charge in [-0.2, -0.15) is 0 Å². The maximum Gasteiger partial charge on any atom is 0.326 e. The lowest BCUT2D eigenvalue weighted by atomic mass is 9.98. The van der Waals surface area contributed by atoms with Crippen LogP contribution >= 0.6 is 0 Å². The molecule has 114 valence electrons. The van der Waals surface area contributed by atoms with E-state index in [1.54, 1.807) is 0 Å².